The summed E-state index contributed by atoms with van der Waals surface area (Å²) in [4.78, 5) is 0. The minimum atomic E-state index is 0.259. The van der Waals surface area contributed by atoms with Gasteiger partial charge in [-0.15, -0.1) is 0 Å². The maximum Gasteiger partial charge on any atom is 0.0584 e. The standard InChI is InChI=1S/C10H23NOS/c1-4-9(3)13-7-6-10(8-12)11-5-2/h9-12H,4-8H2,1-3H3. The molecule has 0 bridgehead atoms. The average molecular weight is 205 g/mol. The molecule has 0 radical (unpaired) electrons. The van der Waals surface area contributed by atoms with Crippen molar-refractivity contribution in [3.05, 3.63) is 0 Å². The molecule has 2 nitrogen and oxygen atoms in total. The summed E-state index contributed by atoms with van der Waals surface area (Å²) in [5.41, 5.74) is 0. The summed E-state index contributed by atoms with van der Waals surface area (Å²) in [6, 6.07) is 0.293. The molecule has 0 aromatic heterocycles. The van der Waals surface area contributed by atoms with Crippen LogP contribution in [0.2, 0.25) is 0 Å². The van der Waals surface area contributed by atoms with Crippen molar-refractivity contribution in [3.8, 4) is 0 Å². The molecule has 13 heavy (non-hydrogen) atoms. The normalized spacial score (nSPS) is 15.7. The van der Waals surface area contributed by atoms with E-state index in [1.165, 1.54) is 6.42 Å². The van der Waals surface area contributed by atoms with E-state index in [4.69, 9.17) is 5.11 Å². The number of aliphatic hydroxyl groups excluding tert-OH is 1. The molecule has 0 amide bonds. The van der Waals surface area contributed by atoms with Crippen LogP contribution in [0.5, 0.6) is 0 Å². The topological polar surface area (TPSA) is 32.3 Å². The van der Waals surface area contributed by atoms with Crippen molar-refractivity contribution < 1.29 is 5.11 Å². The predicted molar refractivity (Wildman–Crippen MR) is 61.4 cm³/mol. The zero-order chi connectivity index (χ0) is 10.1. The Kier molecular flexibility index (Phi) is 9.03. The van der Waals surface area contributed by atoms with Gasteiger partial charge in [0.1, 0.15) is 0 Å². The fourth-order valence-corrected chi connectivity index (χ4v) is 2.13. The summed E-state index contributed by atoms with van der Waals surface area (Å²) in [5, 5.41) is 13.0. The Balaban J connectivity index is 3.37. The number of likely N-dealkylation sites (N-methyl/N-ethyl adjacent to an activating group) is 1. The fraction of sp³-hybridized carbons (Fsp3) is 1.00. The number of hydrogen-bond acceptors (Lipinski definition) is 3. The largest absolute Gasteiger partial charge is 0.395 e. The van der Waals surface area contributed by atoms with Crippen LogP contribution in [0.1, 0.15) is 33.6 Å². The van der Waals surface area contributed by atoms with E-state index in [0.717, 1.165) is 24.0 Å². The molecule has 0 heterocycles. The summed E-state index contributed by atoms with van der Waals surface area (Å²) in [5.74, 6) is 1.15. The molecule has 0 spiro atoms. The van der Waals surface area contributed by atoms with Crippen LogP contribution in [0.3, 0.4) is 0 Å². The third kappa shape index (κ3) is 7.35. The first kappa shape index (κ1) is 13.3. The molecule has 0 rings (SSSR count). The van der Waals surface area contributed by atoms with Crippen molar-refractivity contribution in [2.75, 3.05) is 18.9 Å². The molecule has 2 unspecified atom stereocenters. The molecule has 2 atom stereocenters. The van der Waals surface area contributed by atoms with Gasteiger partial charge in [-0.05, 0) is 25.1 Å². The number of nitrogens with one attached hydrogen (secondary N) is 1. The average Bonchev–Trinajstić information content (AvgIpc) is 2.16. The van der Waals surface area contributed by atoms with Crippen molar-refractivity contribution in [1.29, 1.82) is 0 Å². The van der Waals surface area contributed by atoms with Gasteiger partial charge in [0.2, 0.25) is 0 Å². The Hall–Kier alpha value is 0.270. The van der Waals surface area contributed by atoms with Gasteiger partial charge in [0.15, 0.2) is 0 Å². The van der Waals surface area contributed by atoms with Crippen molar-refractivity contribution in [1.82, 2.24) is 5.32 Å². The van der Waals surface area contributed by atoms with E-state index in [2.05, 4.69) is 26.1 Å². The van der Waals surface area contributed by atoms with Gasteiger partial charge < -0.3 is 10.4 Å². The SMILES string of the molecule is CCNC(CO)CCSC(C)CC. The highest BCUT2D eigenvalue weighted by Gasteiger charge is 2.06. The van der Waals surface area contributed by atoms with Gasteiger partial charge in [0.25, 0.3) is 0 Å². The summed E-state index contributed by atoms with van der Waals surface area (Å²) in [6.07, 6.45) is 2.30. The molecule has 0 aliphatic carbocycles. The molecule has 0 fully saturated rings. The van der Waals surface area contributed by atoms with E-state index in [-0.39, 0.29) is 6.61 Å². The predicted octanol–water partition coefficient (Wildman–Crippen LogP) is 1.88. The quantitative estimate of drug-likeness (QED) is 0.634. The lowest BCUT2D eigenvalue weighted by atomic mass is 10.2. The summed E-state index contributed by atoms with van der Waals surface area (Å²) in [6.45, 7) is 7.75. The van der Waals surface area contributed by atoms with Gasteiger partial charge in [-0.2, -0.15) is 11.8 Å². The zero-order valence-corrected chi connectivity index (χ0v) is 9.86. The lowest BCUT2D eigenvalue weighted by molar-refractivity contribution is 0.241. The van der Waals surface area contributed by atoms with Crippen molar-refractivity contribution >= 4 is 11.8 Å². The number of thioether (sulfide) groups is 1. The Morgan fingerprint density at radius 1 is 1.38 bits per heavy atom. The summed E-state index contributed by atoms with van der Waals surface area (Å²) in [7, 11) is 0. The van der Waals surface area contributed by atoms with Crippen LogP contribution in [0.4, 0.5) is 0 Å². The zero-order valence-electron chi connectivity index (χ0n) is 9.05. The van der Waals surface area contributed by atoms with Crippen LogP contribution < -0.4 is 5.32 Å². The molecule has 3 heteroatoms. The maximum atomic E-state index is 9.01. The van der Waals surface area contributed by atoms with E-state index in [1.807, 2.05) is 11.8 Å². The summed E-state index contributed by atoms with van der Waals surface area (Å²) >= 11 is 1.99. The Morgan fingerprint density at radius 3 is 2.54 bits per heavy atom. The van der Waals surface area contributed by atoms with E-state index >= 15 is 0 Å². The van der Waals surface area contributed by atoms with Crippen molar-refractivity contribution in [3.63, 3.8) is 0 Å². The van der Waals surface area contributed by atoms with Crippen LogP contribution in [0.25, 0.3) is 0 Å². The number of rotatable bonds is 8. The smallest absolute Gasteiger partial charge is 0.0584 e. The third-order valence-corrected chi connectivity index (χ3v) is 3.53. The van der Waals surface area contributed by atoms with Gasteiger partial charge >= 0.3 is 0 Å². The van der Waals surface area contributed by atoms with Gasteiger partial charge in [-0.3, -0.25) is 0 Å². The fourth-order valence-electron chi connectivity index (χ4n) is 1.08. The van der Waals surface area contributed by atoms with Gasteiger partial charge in [-0.1, -0.05) is 20.8 Å². The van der Waals surface area contributed by atoms with Gasteiger partial charge in [0, 0.05) is 11.3 Å². The molecule has 0 saturated carbocycles. The molecule has 0 aliphatic heterocycles. The first-order valence-corrected chi connectivity index (χ1v) is 6.25. The van der Waals surface area contributed by atoms with E-state index in [9.17, 15) is 0 Å². The first-order chi connectivity index (χ1) is 6.24. The molecule has 0 aromatic rings. The van der Waals surface area contributed by atoms with Crippen LogP contribution in [-0.4, -0.2) is 35.3 Å². The first-order valence-electron chi connectivity index (χ1n) is 5.20. The minimum absolute atomic E-state index is 0.259. The van der Waals surface area contributed by atoms with Crippen LogP contribution in [-0.2, 0) is 0 Å². The third-order valence-electron chi connectivity index (χ3n) is 2.16. The lowest BCUT2D eigenvalue weighted by Crippen LogP contribution is -2.32. The number of aliphatic hydroxyl groups is 1. The second-order valence-electron chi connectivity index (χ2n) is 3.32. The maximum absolute atomic E-state index is 9.01. The molecular formula is C10H23NOS. The minimum Gasteiger partial charge on any atom is -0.395 e. The van der Waals surface area contributed by atoms with Crippen molar-refractivity contribution in [2.24, 2.45) is 0 Å². The molecular weight excluding hydrogens is 182 g/mol. The van der Waals surface area contributed by atoms with Crippen LogP contribution in [0.15, 0.2) is 0 Å². The molecule has 2 N–H and O–H groups in total. The van der Waals surface area contributed by atoms with Crippen molar-refractivity contribution in [2.45, 2.75) is 44.9 Å². The highest BCUT2D eigenvalue weighted by Crippen LogP contribution is 2.15. The van der Waals surface area contributed by atoms with E-state index in [1.54, 1.807) is 0 Å². The highest BCUT2D eigenvalue weighted by atomic mass is 32.2. The monoisotopic (exact) mass is 205 g/mol. The Morgan fingerprint density at radius 2 is 2.08 bits per heavy atom. The van der Waals surface area contributed by atoms with Crippen LogP contribution >= 0.6 is 11.8 Å². The summed E-state index contributed by atoms with van der Waals surface area (Å²) < 4.78 is 0. The molecule has 0 aromatic carbocycles. The second kappa shape index (κ2) is 8.85. The Bertz CT molecular complexity index is 111. The van der Waals surface area contributed by atoms with E-state index < -0.39 is 0 Å². The van der Waals surface area contributed by atoms with E-state index in [0.29, 0.717) is 6.04 Å². The second-order valence-corrected chi connectivity index (χ2v) is 4.86. The van der Waals surface area contributed by atoms with Gasteiger partial charge in [-0.25, -0.2) is 0 Å². The molecule has 0 aliphatic rings. The lowest BCUT2D eigenvalue weighted by Gasteiger charge is -2.15. The molecule has 80 valence electrons. The van der Waals surface area contributed by atoms with Gasteiger partial charge in [0.05, 0.1) is 6.61 Å². The number of hydrogen-bond donors (Lipinski definition) is 2. The highest BCUT2D eigenvalue weighted by molar-refractivity contribution is 7.99. The Labute approximate surface area is 86.5 Å². The van der Waals surface area contributed by atoms with Crippen LogP contribution in [0, 0.1) is 0 Å². The molecule has 0 saturated heterocycles.